The summed E-state index contributed by atoms with van der Waals surface area (Å²) in [5, 5.41) is 30.1. The van der Waals surface area contributed by atoms with Crippen molar-refractivity contribution in [2.45, 2.75) is 103 Å². The van der Waals surface area contributed by atoms with E-state index in [1.54, 1.807) is 13.0 Å². The van der Waals surface area contributed by atoms with Crippen LogP contribution >= 0.6 is 0 Å². The summed E-state index contributed by atoms with van der Waals surface area (Å²) in [7, 11) is 0. The first kappa shape index (κ1) is 30.3. The summed E-state index contributed by atoms with van der Waals surface area (Å²) < 4.78 is 22.0. The highest BCUT2D eigenvalue weighted by Gasteiger charge is 2.49. The largest absolute Gasteiger partial charge is 0.463 e. The maximum Gasteiger partial charge on any atom is 0.303 e. The van der Waals surface area contributed by atoms with Crippen molar-refractivity contribution < 1.29 is 43.9 Å². The summed E-state index contributed by atoms with van der Waals surface area (Å²) in [6.45, 7) is 12.1. The summed E-state index contributed by atoms with van der Waals surface area (Å²) in [5.74, 6) is -0.931. The lowest BCUT2D eigenvalue weighted by atomic mass is 9.96. The Kier molecular flexibility index (Phi) is 13.0. The number of carbonyl (C=O) groups is 2. The number of rotatable bonds is 14. The van der Waals surface area contributed by atoms with E-state index in [9.17, 15) is 19.8 Å². The van der Waals surface area contributed by atoms with Crippen molar-refractivity contribution in [3.8, 4) is 0 Å². The Balaban J connectivity index is 2.85. The molecule has 1 fully saturated rings. The van der Waals surface area contributed by atoms with Gasteiger partial charge >= 0.3 is 11.9 Å². The molecule has 0 spiro atoms. The first-order valence-corrected chi connectivity index (χ1v) is 11.8. The van der Waals surface area contributed by atoms with Crippen LogP contribution in [0.25, 0.3) is 0 Å². The van der Waals surface area contributed by atoms with Crippen LogP contribution in [0, 0.1) is 5.92 Å². The van der Waals surface area contributed by atoms with Crippen molar-refractivity contribution in [1.29, 1.82) is 0 Å². The van der Waals surface area contributed by atoms with Gasteiger partial charge in [-0.15, -0.1) is 6.58 Å². The normalized spacial score (nSPS) is 28.0. The highest BCUT2D eigenvalue weighted by atomic mass is 16.7. The van der Waals surface area contributed by atoms with Crippen molar-refractivity contribution in [2.24, 2.45) is 5.92 Å². The molecule has 3 N–H and O–H groups in total. The third-order valence-corrected chi connectivity index (χ3v) is 5.93. The van der Waals surface area contributed by atoms with E-state index in [-0.39, 0.29) is 13.2 Å². The van der Waals surface area contributed by atoms with E-state index in [1.807, 2.05) is 6.92 Å². The molecule has 0 aromatic heterocycles. The summed E-state index contributed by atoms with van der Waals surface area (Å²) in [4.78, 5) is 22.8. The molecule has 196 valence electrons. The number of esters is 2. The number of hydrogen-bond acceptors (Lipinski definition) is 9. The van der Waals surface area contributed by atoms with Gasteiger partial charge in [0.15, 0.2) is 12.4 Å². The molecule has 0 unspecified atom stereocenters. The molecule has 1 aliphatic rings. The molecule has 7 atom stereocenters. The zero-order valence-electron chi connectivity index (χ0n) is 21.1. The van der Waals surface area contributed by atoms with E-state index in [2.05, 4.69) is 19.6 Å². The minimum atomic E-state index is -1.50. The molecule has 9 heteroatoms. The van der Waals surface area contributed by atoms with Crippen molar-refractivity contribution in [3.05, 3.63) is 24.3 Å². The second kappa shape index (κ2) is 14.6. The highest BCUT2D eigenvalue weighted by Crippen LogP contribution is 2.31. The van der Waals surface area contributed by atoms with E-state index in [0.717, 1.165) is 19.3 Å². The van der Waals surface area contributed by atoms with Crippen LogP contribution in [0.15, 0.2) is 24.3 Å². The lowest BCUT2D eigenvalue weighted by Crippen LogP contribution is -2.61. The van der Waals surface area contributed by atoms with Crippen LogP contribution < -0.4 is 0 Å². The fourth-order valence-electron chi connectivity index (χ4n) is 3.66. The Labute approximate surface area is 202 Å². The third kappa shape index (κ3) is 10.2. The third-order valence-electron chi connectivity index (χ3n) is 5.93. The van der Waals surface area contributed by atoms with Gasteiger partial charge in [-0.1, -0.05) is 24.6 Å². The molecule has 0 bridgehead atoms. The van der Waals surface area contributed by atoms with Gasteiger partial charge in [0.25, 0.3) is 0 Å². The standard InChI is InChI=1S/C25H42O9/c1-7-25(6,13-9-12-16(2)10-8-11-17(3)14-26)34-24-23(32-19(5)28)22(30)21(29)20(33-24)15-31-18(4)27/h7,12,17,20-24,26,29-30H,1,8-11,13-15H2,2-6H3/b16-12+/t17-,20+,21+,22-,23+,24-,25+/m0/s1. The Morgan fingerprint density at radius 2 is 1.85 bits per heavy atom. The van der Waals surface area contributed by atoms with Gasteiger partial charge in [0.05, 0.1) is 5.60 Å². The number of allylic oxidation sites excluding steroid dienone is 2. The molecule has 34 heavy (non-hydrogen) atoms. The van der Waals surface area contributed by atoms with Gasteiger partial charge in [-0.05, 0) is 51.9 Å². The van der Waals surface area contributed by atoms with E-state index < -0.39 is 48.2 Å². The summed E-state index contributed by atoms with van der Waals surface area (Å²) >= 11 is 0. The van der Waals surface area contributed by atoms with Gasteiger partial charge in [0.2, 0.25) is 0 Å². The molecule has 1 rings (SSSR count). The number of aliphatic hydroxyl groups excluding tert-OH is 3. The minimum Gasteiger partial charge on any atom is -0.463 e. The fraction of sp³-hybridized carbons (Fsp3) is 0.760. The molecule has 0 aromatic carbocycles. The lowest BCUT2D eigenvalue weighted by molar-refractivity contribution is -0.322. The lowest BCUT2D eigenvalue weighted by Gasteiger charge is -2.44. The second-order valence-corrected chi connectivity index (χ2v) is 9.30. The molecule has 1 saturated heterocycles. The summed E-state index contributed by atoms with van der Waals surface area (Å²) in [5.41, 5.74) is 0.349. The van der Waals surface area contributed by atoms with E-state index in [4.69, 9.17) is 24.1 Å². The van der Waals surface area contributed by atoms with Gasteiger partial charge < -0.3 is 34.3 Å². The average molecular weight is 487 g/mol. The number of carbonyl (C=O) groups excluding carboxylic acids is 2. The first-order valence-electron chi connectivity index (χ1n) is 11.8. The van der Waals surface area contributed by atoms with Crippen LogP contribution in [0.4, 0.5) is 0 Å². The Morgan fingerprint density at radius 3 is 2.41 bits per heavy atom. The van der Waals surface area contributed by atoms with Gasteiger partial charge in [-0.2, -0.15) is 0 Å². The fourth-order valence-corrected chi connectivity index (χ4v) is 3.66. The van der Waals surface area contributed by atoms with Crippen LogP contribution in [0.5, 0.6) is 0 Å². The van der Waals surface area contributed by atoms with Crippen LogP contribution in [0.1, 0.15) is 66.7 Å². The molecular formula is C25H42O9. The monoisotopic (exact) mass is 486 g/mol. The van der Waals surface area contributed by atoms with Gasteiger partial charge in [-0.25, -0.2) is 0 Å². The number of hydrogen-bond donors (Lipinski definition) is 3. The molecule has 1 heterocycles. The highest BCUT2D eigenvalue weighted by molar-refractivity contribution is 5.66. The summed E-state index contributed by atoms with van der Waals surface area (Å²) in [6, 6.07) is 0. The quantitative estimate of drug-likeness (QED) is 0.250. The first-order chi connectivity index (χ1) is 15.9. The summed E-state index contributed by atoms with van der Waals surface area (Å²) in [6.07, 6.45) is 1.40. The number of aliphatic hydroxyl groups is 3. The van der Waals surface area contributed by atoms with Crippen molar-refractivity contribution >= 4 is 11.9 Å². The molecule has 0 radical (unpaired) electrons. The Hall–Kier alpha value is -1.78. The van der Waals surface area contributed by atoms with Crippen molar-refractivity contribution in [1.82, 2.24) is 0 Å². The van der Waals surface area contributed by atoms with E-state index in [1.165, 1.54) is 19.4 Å². The molecular weight excluding hydrogens is 444 g/mol. The van der Waals surface area contributed by atoms with Crippen molar-refractivity contribution in [2.75, 3.05) is 13.2 Å². The molecule has 9 nitrogen and oxygen atoms in total. The molecule has 0 aromatic rings. The van der Waals surface area contributed by atoms with Crippen LogP contribution in [-0.4, -0.2) is 76.8 Å². The SMILES string of the molecule is C=C[C@](C)(CC/C=C(\C)CCC[C@H](C)CO)O[C@@H]1O[C@H](COC(C)=O)[C@@H](O)[C@H](O)[C@H]1OC(C)=O. The van der Waals surface area contributed by atoms with E-state index in [0.29, 0.717) is 18.8 Å². The van der Waals surface area contributed by atoms with Crippen LogP contribution in [0.2, 0.25) is 0 Å². The zero-order valence-corrected chi connectivity index (χ0v) is 21.1. The molecule has 0 aliphatic carbocycles. The molecule has 0 saturated carbocycles. The smallest absolute Gasteiger partial charge is 0.303 e. The minimum absolute atomic E-state index is 0.197. The number of ether oxygens (including phenoxy) is 4. The predicted octanol–water partition coefficient (Wildman–Crippen LogP) is 2.41. The Morgan fingerprint density at radius 1 is 1.18 bits per heavy atom. The van der Waals surface area contributed by atoms with Gasteiger partial charge in [0.1, 0.15) is 24.9 Å². The van der Waals surface area contributed by atoms with Crippen molar-refractivity contribution in [3.63, 3.8) is 0 Å². The predicted molar refractivity (Wildman–Crippen MR) is 126 cm³/mol. The van der Waals surface area contributed by atoms with Crippen LogP contribution in [0.3, 0.4) is 0 Å². The molecule has 0 amide bonds. The van der Waals surface area contributed by atoms with Gasteiger partial charge in [0, 0.05) is 20.5 Å². The topological polar surface area (TPSA) is 132 Å². The Bertz CT molecular complexity index is 690. The second-order valence-electron chi connectivity index (χ2n) is 9.30. The maximum absolute atomic E-state index is 11.6. The van der Waals surface area contributed by atoms with Gasteiger partial charge in [-0.3, -0.25) is 9.59 Å². The maximum atomic E-state index is 11.6. The zero-order chi connectivity index (χ0) is 25.9. The van der Waals surface area contributed by atoms with Crippen LogP contribution in [-0.2, 0) is 28.5 Å². The van der Waals surface area contributed by atoms with E-state index >= 15 is 0 Å². The molecule has 1 aliphatic heterocycles. The average Bonchev–Trinajstić information content (AvgIpc) is 2.77.